The van der Waals surface area contributed by atoms with Crippen molar-refractivity contribution in [3.8, 4) is 11.5 Å². The van der Waals surface area contributed by atoms with E-state index in [9.17, 15) is 4.79 Å². The van der Waals surface area contributed by atoms with Crippen LogP contribution in [0.25, 0.3) is 0 Å². The highest BCUT2D eigenvalue weighted by Crippen LogP contribution is 2.30. The second-order valence-corrected chi connectivity index (χ2v) is 12.0. The summed E-state index contributed by atoms with van der Waals surface area (Å²) in [6, 6.07) is 9.62. The Morgan fingerprint density at radius 2 is 1.82 bits per heavy atom. The summed E-state index contributed by atoms with van der Waals surface area (Å²) in [5.74, 6) is 4.61. The molecule has 0 fully saturated rings. The highest BCUT2D eigenvalue weighted by Gasteiger charge is 2.21. The number of rotatable bonds is 5. The van der Waals surface area contributed by atoms with Crippen molar-refractivity contribution in [3.63, 3.8) is 0 Å². The Kier molecular flexibility index (Phi) is 5.80. The van der Waals surface area contributed by atoms with E-state index in [1.165, 1.54) is 0 Å². The highest BCUT2D eigenvalue weighted by molar-refractivity contribution is 6.83. The molecule has 22 heavy (non-hydrogen) atoms. The maximum absolute atomic E-state index is 12.2. The van der Waals surface area contributed by atoms with Gasteiger partial charge in [-0.05, 0) is 24.7 Å². The third-order valence-electron chi connectivity index (χ3n) is 3.91. The molecule has 1 aliphatic carbocycles. The lowest BCUT2D eigenvalue weighted by Crippen LogP contribution is -2.16. The Morgan fingerprint density at radius 3 is 2.50 bits per heavy atom. The first-order chi connectivity index (χ1) is 10.4. The van der Waals surface area contributed by atoms with Gasteiger partial charge in [0.15, 0.2) is 5.78 Å². The van der Waals surface area contributed by atoms with E-state index in [1.54, 1.807) is 0 Å². The average molecular weight is 311 g/mol. The van der Waals surface area contributed by atoms with Gasteiger partial charge in [-0.3, -0.25) is 4.79 Å². The summed E-state index contributed by atoms with van der Waals surface area (Å²) < 4.78 is 0. The average Bonchev–Trinajstić information content (AvgIpc) is 2.91. The van der Waals surface area contributed by atoms with E-state index in [4.69, 9.17) is 0 Å². The molecule has 0 unspecified atom stereocenters. The molecule has 0 saturated carbocycles. The van der Waals surface area contributed by atoms with Crippen LogP contribution in [0.5, 0.6) is 0 Å². The molecule has 0 aromatic heterocycles. The van der Waals surface area contributed by atoms with E-state index >= 15 is 0 Å². The Hall–Kier alpha value is -1.59. The smallest absolute Gasteiger partial charge is 0.163 e. The molecule has 1 nitrogen and oxygen atoms in total. The van der Waals surface area contributed by atoms with Gasteiger partial charge >= 0.3 is 0 Å². The standard InChI is InChI=1S/C20H26OSi/c1-22(2,3)14-8-7-9-17-12-13-18(15-17)16-20(21)19-10-5-4-6-11-19/h4-6,10-13,17-18H,7,9,15-16H2,1-3H3/t17-,18-/m1/s1. The third kappa shape index (κ3) is 5.65. The molecule has 0 spiro atoms. The molecule has 1 aromatic carbocycles. The molecule has 0 amide bonds. The van der Waals surface area contributed by atoms with Gasteiger partial charge < -0.3 is 0 Å². The Balaban J connectivity index is 1.75. The molecular formula is C20H26OSi. The Bertz CT molecular complexity index is 584. The number of allylic oxidation sites excluding steroid dienone is 2. The zero-order chi connectivity index (χ0) is 16.0. The minimum Gasteiger partial charge on any atom is -0.294 e. The predicted octanol–water partition coefficient (Wildman–Crippen LogP) is 5.11. The predicted molar refractivity (Wildman–Crippen MR) is 96.5 cm³/mol. The lowest BCUT2D eigenvalue weighted by molar-refractivity contribution is 0.0967. The van der Waals surface area contributed by atoms with Crippen LogP contribution in [0.3, 0.4) is 0 Å². The van der Waals surface area contributed by atoms with E-state index in [2.05, 4.69) is 43.3 Å². The summed E-state index contributed by atoms with van der Waals surface area (Å²) in [6.07, 6.45) is 8.38. The third-order valence-corrected chi connectivity index (χ3v) is 4.83. The minimum atomic E-state index is -1.23. The van der Waals surface area contributed by atoms with Crippen molar-refractivity contribution in [3.05, 3.63) is 48.0 Å². The van der Waals surface area contributed by atoms with Gasteiger partial charge in [0.2, 0.25) is 0 Å². The van der Waals surface area contributed by atoms with Crippen molar-refractivity contribution in [1.29, 1.82) is 0 Å². The minimum absolute atomic E-state index is 0.259. The molecule has 2 heteroatoms. The SMILES string of the molecule is C[Si](C)(C)C#CCC[C@@H]1C=C[C@@H](CC(=O)c2ccccc2)C1. The van der Waals surface area contributed by atoms with E-state index in [0.29, 0.717) is 18.3 Å². The topological polar surface area (TPSA) is 17.1 Å². The van der Waals surface area contributed by atoms with Gasteiger partial charge in [-0.1, -0.05) is 62.1 Å². The van der Waals surface area contributed by atoms with Crippen LogP contribution in [0.4, 0.5) is 0 Å². The highest BCUT2D eigenvalue weighted by atomic mass is 28.3. The van der Waals surface area contributed by atoms with Gasteiger partial charge in [0.1, 0.15) is 8.07 Å². The van der Waals surface area contributed by atoms with Gasteiger partial charge in [0, 0.05) is 18.4 Å². The van der Waals surface area contributed by atoms with Crippen molar-refractivity contribution >= 4 is 13.9 Å². The molecule has 0 aliphatic heterocycles. The van der Waals surface area contributed by atoms with Crippen molar-refractivity contribution in [2.75, 3.05) is 0 Å². The van der Waals surface area contributed by atoms with Crippen molar-refractivity contribution < 1.29 is 4.79 Å². The largest absolute Gasteiger partial charge is 0.294 e. The van der Waals surface area contributed by atoms with Crippen LogP contribution in [0, 0.1) is 23.3 Å². The van der Waals surface area contributed by atoms with Crippen molar-refractivity contribution in [2.24, 2.45) is 11.8 Å². The molecule has 0 saturated heterocycles. The van der Waals surface area contributed by atoms with Crippen LogP contribution in [-0.4, -0.2) is 13.9 Å². The maximum Gasteiger partial charge on any atom is 0.163 e. The van der Waals surface area contributed by atoms with E-state index in [-0.39, 0.29) is 5.78 Å². The van der Waals surface area contributed by atoms with E-state index in [1.807, 2.05) is 30.3 Å². The Morgan fingerprint density at radius 1 is 1.14 bits per heavy atom. The van der Waals surface area contributed by atoms with Crippen molar-refractivity contribution in [2.45, 2.75) is 45.3 Å². The van der Waals surface area contributed by atoms with Crippen molar-refractivity contribution in [1.82, 2.24) is 0 Å². The first-order valence-corrected chi connectivity index (χ1v) is 11.7. The van der Waals surface area contributed by atoms with Gasteiger partial charge in [0.25, 0.3) is 0 Å². The fourth-order valence-corrected chi connectivity index (χ4v) is 3.45. The number of carbonyl (C=O) groups is 1. The van der Waals surface area contributed by atoms with Crippen LogP contribution in [-0.2, 0) is 0 Å². The fourth-order valence-electron chi connectivity index (χ4n) is 2.79. The van der Waals surface area contributed by atoms with Crippen LogP contribution < -0.4 is 0 Å². The molecule has 0 bridgehead atoms. The van der Waals surface area contributed by atoms with Gasteiger partial charge in [-0.2, -0.15) is 0 Å². The second-order valence-electron chi connectivity index (χ2n) is 7.22. The summed E-state index contributed by atoms with van der Waals surface area (Å²) in [7, 11) is -1.23. The Labute approximate surface area is 135 Å². The molecule has 2 atom stereocenters. The van der Waals surface area contributed by atoms with Crippen LogP contribution >= 0.6 is 0 Å². The zero-order valence-electron chi connectivity index (χ0n) is 13.9. The first kappa shape index (κ1) is 16.8. The second kappa shape index (κ2) is 7.60. The summed E-state index contributed by atoms with van der Waals surface area (Å²) in [6.45, 7) is 6.84. The fraction of sp³-hybridized carbons (Fsp3) is 0.450. The number of hydrogen-bond donors (Lipinski definition) is 0. The molecule has 0 heterocycles. The maximum atomic E-state index is 12.2. The zero-order valence-corrected chi connectivity index (χ0v) is 14.9. The van der Waals surface area contributed by atoms with E-state index in [0.717, 1.165) is 24.8 Å². The van der Waals surface area contributed by atoms with Crippen LogP contribution in [0.1, 0.15) is 36.0 Å². The molecule has 2 rings (SSSR count). The molecular weight excluding hydrogens is 284 g/mol. The number of benzene rings is 1. The molecule has 1 aliphatic rings. The normalized spacial score (nSPS) is 20.5. The van der Waals surface area contributed by atoms with Crippen LogP contribution in [0.15, 0.2) is 42.5 Å². The van der Waals surface area contributed by atoms with Gasteiger partial charge in [0.05, 0.1) is 0 Å². The number of ketones is 1. The number of hydrogen-bond acceptors (Lipinski definition) is 1. The molecule has 116 valence electrons. The lowest BCUT2D eigenvalue weighted by Gasteiger charge is -2.10. The number of Topliss-reactive ketones (excluding diaryl/α,β-unsaturated/α-hetero) is 1. The van der Waals surface area contributed by atoms with E-state index < -0.39 is 8.07 Å². The summed E-state index contributed by atoms with van der Waals surface area (Å²) in [5.41, 5.74) is 4.26. The molecule has 1 aromatic rings. The van der Waals surface area contributed by atoms with Gasteiger partial charge in [-0.15, -0.1) is 11.5 Å². The molecule has 0 N–H and O–H groups in total. The number of carbonyl (C=O) groups excluding carboxylic acids is 1. The summed E-state index contributed by atoms with van der Waals surface area (Å²) in [5, 5.41) is 0. The lowest BCUT2D eigenvalue weighted by atomic mass is 9.93. The summed E-state index contributed by atoms with van der Waals surface area (Å²) >= 11 is 0. The van der Waals surface area contributed by atoms with Gasteiger partial charge in [-0.25, -0.2) is 0 Å². The van der Waals surface area contributed by atoms with Crippen LogP contribution in [0.2, 0.25) is 19.6 Å². The summed E-state index contributed by atoms with van der Waals surface area (Å²) in [4.78, 5) is 12.2. The first-order valence-electron chi connectivity index (χ1n) is 8.20. The monoisotopic (exact) mass is 310 g/mol. The molecule has 0 radical (unpaired) electrons. The quantitative estimate of drug-likeness (QED) is 0.319.